The smallest absolute Gasteiger partial charge is 0.121 e. The Balaban J connectivity index is 2.65. The Morgan fingerprint density at radius 2 is 2.00 bits per heavy atom. The Morgan fingerprint density at radius 1 is 1.31 bits per heavy atom. The van der Waals surface area contributed by atoms with Gasteiger partial charge in [-0.2, -0.15) is 0 Å². The van der Waals surface area contributed by atoms with Gasteiger partial charge in [-0.05, 0) is 18.1 Å². The first-order valence-corrected chi connectivity index (χ1v) is 6.16. The van der Waals surface area contributed by atoms with Crippen LogP contribution in [-0.2, 0) is 0 Å². The van der Waals surface area contributed by atoms with E-state index in [2.05, 4.69) is 19.2 Å². The zero-order valence-corrected chi connectivity index (χ0v) is 11.0. The van der Waals surface area contributed by atoms with Gasteiger partial charge in [0, 0.05) is 12.6 Å². The molecule has 1 aromatic carbocycles. The zero-order valence-electron chi connectivity index (χ0n) is 10.2. The molecule has 1 aromatic rings. The van der Waals surface area contributed by atoms with Gasteiger partial charge in [-0.25, -0.2) is 0 Å². The fraction of sp³-hybridized carbons (Fsp3) is 0.538. The summed E-state index contributed by atoms with van der Waals surface area (Å²) in [6.45, 7) is 5.38. The summed E-state index contributed by atoms with van der Waals surface area (Å²) in [7, 11) is 1.66. The van der Waals surface area contributed by atoms with Gasteiger partial charge in [0.25, 0.3) is 0 Å². The monoisotopic (exact) mass is 241 g/mol. The minimum atomic E-state index is 0.697. The first-order valence-electron chi connectivity index (χ1n) is 5.78. The number of halogens is 1. The first kappa shape index (κ1) is 13.2. The SMILES string of the molecule is CCC(CC)CNc1cc(OC)ccc1Cl. The average Bonchev–Trinajstić information content (AvgIpc) is 2.32. The van der Waals surface area contributed by atoms with Crippen molar-refractivity contribution in [1.82, 2.24) is 0 Å². The van der Waals surface area contributed by atoms with Crippen LogP contribution in [0, 0.1) is 5.92 Å². The van der Waals surface area contributed by atoms with Gasteiger partial charge in [0.1, 0.15) is 5.75 Å². The molecule has 3 heteroatoms. The van der Waals surface area contributed by atoms with Crippen LogP contribution < -0.4 is 10.1 Å². The molecular formula is C13H20ClNO. The van der Waals surface area contributed by atoms with E-state index < -0.39 is 0 Å². The molecule has 90 valence electrons. The number of methoxy groups -OCH3 is 1. The molecule has 0 saturated heterocycles. The van der Waals surface area contributed by atoms with E-state index >= 15 is 0 Å². The number of hydrogen-bond acceptors (Lipinski definition) is 2. The van der Waals surface area contributed by atoms with Gasteiger partial charge in [-0.3, -0.25) is 0 Å². The Morgan fingerprint density at radius 3 is 2.56 bits per heavy atom. The third-order valence-corrected chi connectivity index (χ3v) is 3.24. The maximum atomic E-state index is 6.10. The molecule has 0 heterocycles. The predicted octanol–water partition coefficient (Wildman–Crippen LogP) is 4.20. The highest BCUT2D eigenvalue weighted by atomic mass is 35.5. The molecule has 0 aliphatic carbocycles. The van der Waals surface area contributed by atoms with Gasteiger partial charge in [-0.15, -0.1) is 0 Å². The van der Waals surface area contributed by atoms with E-state index in [9.17, 15) is 0 Å². The fourth-order valence-electron chi connectivity index (χ4n) is 1.60. The number of ether oxygens (including phenoxy) is 1. The van der Waals surface area contributed by atoms with Crippen molar-refractivity contribution in [1.29, 1.82) is 0 Å². The highest BCUT2D eigenvalue weighted by molar-refractivity contribution is 6.33. The zero-order chi connectivity index (χ0) is 12.0. The quantitative estimate of drug-likeness (QED) is 0.806. The lowest BCUT2D eigenvalue weighted by molar-refractivity contribution is 0.415. The van der Waals surface area contributed by atoms with Gasteiger partial charge in [0.15, 0.2) is 0 Å². The Labute approximate surface area is 103 Å². The number of nitrogens with one attached hydrogen (secondary N) is 1. The second-order valence-corrected chi connectivity index (χ2v) is 4.32. The van der Waals surface area contributed by atoms with Crippen LogP contribution in [0.15, 0.2) is 18.2 Å². The van der Waals surface area contributed by atoms with E-state index in [4.69, 9.17) is 16.3 Å². The molecule has 1 N–H and O–H groups in total. The van der Waals surface area contributed by atoms with E-state index in [0.717, 1.165) is 23.0 Å². The van der Waals surface area contributed by atoms with Crippen LogP contribution in [0.5, 0.6) is 5.75 Å². The van der Waals surface area contributed by atoms with Gasteiger partial charge in [0.05, 0.1) is 17.8 Å². The second-order valence-electron chi connectivity index (χ2n) is 3.91. The van der Waals surface area contributed by atoms with Crippen molar-refractivity contribution in [3.8, 4) is 5.75 Å². The fourth-order valence-corrected chi connectivity index (χ4v) is 1.78. The molecule has 0 fully saturated rings. The Kier molecular flexibility index (Phi) is 5.47. The summed E-state index contributed by atoms with van der Waals surface area (Å²) in [5.74, 6) is 1.53. The van der Waals surface area contributed by atoms with Gasteiger partial charge >= 0.3 is 0 Å². The van der Waals surface area contributed by atoms with E-state index in [-0.39, 0.29) is 0 Å². The van der Waals surface area contributed by atoms with Crippen LogP contribution >= 0.6 is 11.6 Å². The van der Waals surface area contributed by atoms with E-state index in [1.54, 1.807) is 7.11 Å². The first-order chi connectivity index (χ1) is 7.71. The third-order valence-electron chi connectivity index (χ3n) is 2.91. The van der Waals surface area contributed by atoms with E-state index in [1.165, 1.54) is 12.8 Å². The van der Waals surface area contributed by atoms with Crippen molar-refractivity contribution in [3.05, 3.63) is 23.2 Å². The summed E-state index contributed by atoms with van der Waals surface area (Å²) >= 11 is 6.10. The van der Waals surface area contributed by atoms with Crippen molar-refractivity contribution >= 4 is 17.3 Å². The molecule has 0 aliphatic heterocycles. The third kappa shape index (κ3) is 3.60. The highest BCUT2D eigenvalue weighted by Crippen LogP contribution is 2.27. The molecule has 0 bridgehead atoms. The summed E-state index contributed by atoms with van der Waals surface area (Å²) in [6, 6.07) is 5.66. The minimum Gasteiger partial charge on any atom is -0.497 e. The number of anilines is 1. The summed E-state index contributed by atoms with van der Waals surface area (Å²) in [5.41, 5.74) is 0.952. The molecule has 0 radical (unpaired) electrons. The van der Waals surface area contributed by atoms with Gasteiger partial charge in [-0.1, -0.05) is 38.3 Å². The molecule has 1 rings (SSSR count). The Hall–Kier alpha value is -0.890. The van der Waals surface area contributed by atoms with Crippen LogP contribution in [0.3, 0.4) is 0 Å². The van der Waals surface area contributed by atoms with Crippen LogP contribution in [0.25, 0.3) is 0 Å². The predicted molar refractivity (Wildman–Crippen MR) is 70.6 cm³/mol. The number of hydrogen-bond donors (Lipinski definition) is 1. The van der Waals surface area contributed by atoms with Crippen LogP contribution in [-0.4, -0.2) is 13.7 Å². The lowest BCUT2D eigenvalue weighted by atomic mass is 10.0. The molecule has 0 atom stereocenters. The molecule has 0 spiro atoms. The molecule has 0 unspecified atom stereocenters. The van der Waals surface area contributed by atoms with Crippen molar-refractivity contribution in [2.75, 3.05) is 19.0 Å². The number of rotatable bonds is 6. The topological polar surface area (TPSA) is 21.3 Å². The van der Waals surface area contributed by atoms with Gasteiger partial charge in [0.2, 0.25) is 0 Å². The van der Waals surface area contributed by atoms with Crippen LogP contribution in [0.4, 0.5) is 5.69 Å². The molecule has 0 amide bonds. The normalized spacial score (nSPS) is 10.6. The number of benzene rings is 1. The lowest BCUT2D eigenvalue weighted by Crippen LogP contribution is -2.12. The summed E-state index contributed by atoms with van der Waals surface area (Å²) < 4.78 is 5.17. The van der Waals surface area contributed by atoms with Crippen molar-refractivity contribution < 1.29 is 4.74 Å². The summed E-state index contributed by atoms with van der Waals surface area (Å²) in [5, 5.41) is 4.12. The average molecular weight is 242 g/mol. The molecule has 0 aliphatic rings. The van der Waals surface area contributed by atoms with Gasteiger partial charge < -0.3 is 10.1 Å². The molecule has 0 aromatic heterocycles. The maximum absolute atomic E-state index is 6.10. The minimum absolute atomic E-state index is 0.697. The van der Waals surface area contributed by atoms with Crippen molar-refractivity contribution in [2.45, 2.75) is 26.7 Å². The molecular weight excluding hydrogens is 222 g/mol. The van der Waals surface area contributed by atoms with Crippen LogP contribution in [0.1, 0.15) is 26.7 Å². The lowest BCUT2D eigenvalue weighted by Gasteiger charge is -2.15. The molecule has 0 saturated carbocycles. The van der Waals surface area contributed by atoms with Crippen molar-refractivity contribution in [3.63, 3.8) is 0 Å². The van der Waals surface area contributed by atoms with E-state index in [1.807, 2.05) is 18.2 Å². The molecule has 2 nitrogen and oxygen atoms in total. The highest BCUT2D eigenvalue weighted by Gasteiger charge is 2.06. The van der Waals surface area contributed by atoms with Crippen LogP contribution in [0.2, 0.25) is 5.02 Å². The Bertz CT molecular complexity index is 324. The van der Waals surface area contributed by atoms with Crippen molar-refractivity contribution in [2.24, 2.45) is 5.92 Å². The summed E-state index contributed by atoms with van der Waals surface area (Å²) in [4.78, 5) is 0. The maximum Gasteiger partial charge on any atom is 0.121 e. The summed E-state index contributed by atoms with van der Waals surface area (Å²) in [6.07, 6.45) is 2.37. The standard InChI is InChI=1S/C13H20ClNO/c1-4-10(5-2)9-15-13-8-11(16-3)6-7-12(13)14/h6-8,10,15H,4-5,9H2,1-3H3. The van der Waals surface area contributed by atoms with E-state index in [0.29, 0.717) is 5.92 Å². The largest absolute Gasteiger partial charge is 0.497 e. The second kappa shape index (κ2) is 6.64. The molecule has 16 heavy (non-hydrogen) atoms.